The smallest absolute Gasteiger partial charge is 0.243 e. The highest BCUT2D eigenvalue weighted by atomic mass is 35.5. The lowest BCUT2D eigenvalue weighted by molar-refractivity contribution is -0.121. The molecule has 5 nitrogen and oxygen atoms in total. The van der Waals surface area contributed by atoms with Gasteiger partial charge in [0.25, 0.3) is 0 Å². The van der Waals surface area contributed by atoms with Crippen molar-refractivity contribution in [3.8, 4) is 0 Å². The van der Waals surface area contributed by atoms with Crippen molar-refractivity contribution < 1.29 is 13.2 Å². The molecule has 0 aliphatic heterocycles. The van der Waals surface area contributed by atoms with Crippen molar-refractivity contribution in [2.75, 3.05) is 25.9 Å². The summed E-state index contributed by atoms with van der Waals surface area (Å²) < 4.78 is 25.8. The minimum Gasteiger partial charge on any atom is -0.354 e. The van der Waals surface area contributed by atoms with Crippen LogP contribution in [0.25, 0.3) is 0 Å². The number of amides is 1. The summed E-state index contributed by atoms with van der Waals surface area (Å²) >= 11 is 7.61. The second-order valence-electron chi connectivity index (χ2n) is 5.61. The van der Waals surface area contributed by atoms with E-state index in [1.807, 2.05) is 24.3 Å². The monoisotopic (exact) mass is 412 g/mol. The fourth-order valence-corrected chi connectivity index (χ4v) is 4.36. The van der Waals surface area contributed by atoms with Crippen molar-refractivity contribution in [2.45, 2.75) is 10.6 Å². The first-order chi connectivity index (χ1) is 12.4. The van der Waals surface area contributed by atoms with Crippen LogP contribution in [0.4, 0.5) is 0 Å². The molecule has 0 aromatic heterocycles. The Kier molecular flexibility index (Phi) is 7.96. The molecular weight excluding hydrogens is 392 g/mol. The zero-order valence-corrected chi connectivity index (χ0v) is 16.8. The summed E-state index contributed by atoms with van der Waals surface area (Å²) in [6, 6.07) is 15.7. The molecule has 0 unspecified atom stereocenters. The van der Waals surface area contributed by atoms with Crippen LogP contribution in [0.2, 0.25) is 5.02 Å². The fourth-order valence-electron chi connectivity index (χ4n) is 2.19. The van der Waals surface area contributed by atoms with E-state index in [0.29, 0.717) is 11.6 Å². The van der Waals surface area contributed by atoms with Gasteiger partial charge in [-0.3, -0.25) is 4.79 Å². The number of likely N-dealkylation sites (N-methyl/N-ethyl adjacent to an activating group) is 1. The van der Waals surface area contributed by atoms with Crippen molar-refractivity contribution in [1.29, 1.82) is 0 Å². The first-order valence-electron chi connectivity index (χ1n) is 8.00. The molecule has 0 bridgehead atoms. The van der Waals surface area contributed by atoms with E-state index in [0.717, 1.165) is 21.4 Å². The van der Waals surface area contributed by atoms with Crippen LogP contribution in [0.1, 0.15) is 5.56 Å². The van der Waals surface area contributed by atoms with Gasteiger partial charge in [0.2, 0.25) is 15.9 Å². The zero-order chi connectivity index (χ0) is 19.0. The Bertz CT molecular complexity index is 829. The molecule has 140 valence electrons. The standard InChI is InChI=1S/C18H21ClN2O3S2/c1-21(26(23,24)17-8-3-2-4-9-17)13-18(22)20-10-11-25-14-15-6-5-7-16(19)12-15/h2-9,12H,10-11,13-14H2,1H3,(H,20,22). The normalized spacial score (nSPS) is 11.5. The predicted molar refractivity (Wildman–Crippen MR) is 107 cm³/mol. The van der Waals surface area contributed by atoms with Gasteiger partial charge in [0.1, 0.15) is 0 Å². The molecule has 0 spiro atoms. The molecule has 0 atom stereocenters. The molecule has 0 heterocycles. The summed E-state index contributed by atoms with van der Waals surface area (Å²) in [6.07, 6.45) is 0. The van der Waals surface area contributed by atoms with E-state index >= 15 is 0 Å². The third-order valence-corrected chi connectivity index (χ3v) is 6.63. The average Bonchev–Trinajstić information content (AvgIpc) is 2.62. The molecule has 0 fully saturated rings. The average molecular weight is 413 g/mol. The Hall–Kier alpha value is -1.54. The summed E-state index contributed by atoms with van der Waals surface area (Å²) in [5.74, 6) is 1.21. The number of thioether (sulfide) groups is 1. The number of rotatable bonds is 9. The van der Waals surface area contributed by atoms with Gasteiger partial charge in [0.05, 0.1) is 11.4 Å². The lowest BCUT2D eigenvalue weighted by Gasteiger charge is -2.16. The number of benzene rings is 2. The minimum absolute atomic E-state index is 0.173. The highest BCUT2D eigenvalue weighted by Crippen LogP contribution is 2.16. The maximum atomic E-state index is 12.4. The van der Waals surface area contributed by atoms with Crippen molar-refractivity contribution in [3.05, 3.63) is 65.2 Å². The molecule has 0 aliphatic rings. The SMILES string of the molecule is CN(CC(=O)NCCSCc1cccc(Cl)c1)S(=O)(=O)c1ccccc1. The molecule has 0 saturated heterocycles. The number of nitrogens with one attached hydrogen (secondary N) is 1. The Morgan fingerprint density at radius 3 is 2.58 bits per heavy atom. The largest absolute Gasteiger partial charge is 0.354 e. The number of carbonyl (C=O) groups excluding carboxylic acids is 1. The second kappa shape index (κ2) is 9.97. The number of sulfonamides is 1. The summed E-state index contributed by atoms with van der Waals surface area (Å²) in [4.78, 5) is 12.1. The molecule has 26 heavy (non-hydrogen) atoms. The van der Waals surface area contributed by atoms with E-state index in [4.69, 9.17) is 11.6 Å². The van der Waals surface area contributed by atoms with Crippen molar-refractivity contribution in [3.63, 3.8) is 0 Å². The quantitative estimate of drug-likeness (QED) is 0.643. The Morgan fingerprint density at radius 1 is 1.15 bits per heavy atom. The van der Waals surface area contributed by atoms with Crippen LogP contribution in [0.5, 0.6) is 0 Å². The van der Waals surface area contributed by atoms with Gasteiger partial charge in [-0.15, -0.1) is 0 Å². The van der Waals surface area contributed by atoms with Crippen molar-refractivity contribution >= 4 is 39.3 Å². The molecule has 0 saturated carbocycles. The molecule has 2 rings (SSSR count). The van der Waals surface area contributed by atoms with Crippen LogP contribution < -0.4 is 5.32 Å². The number of halogens is 1. The van der Waals surface area contributed by atoms with E-state index < -0.39 is 10.0 Å². The maximum absolute atomic E-state index is 12.4. The lowest BCUT2D eigenvalue weighted by atomic mass is 10.2. The van der Waals surface area contributed by atoms with E-state index in [2.05, 4.69) is 5.32 Å². The van der Waals surface area contributed by atoms with E-state index in [-0.39, 0.29) is 17.3 Å². The van der Waals surface area contributed by atoms with Crippen LogP contribution in [0.3, 0.4) is 0 Å². The van der Waals surface area contributed by atoms with Crippen LogP contribution >= 0.6 is 23.4 Å². The Labute approximate surface area is 163 Å². The predicted octanol–water partition coefficient (Wildman–Crippen LogP) is 3.01. The zero-order valence-electron chi connectivity index (χ0n) is 14.4. The molecule has 2 aromatic carbocycles. The van der Waals surface area contributed by atoms with Crippen LogP contribution in [0.15, 0.2) is 59.5 Å². The first kappa shape index (κ1) is 20.8. The molecule has 8 heteroatoms. The minimum atomic E-state index is -3.65. The fraction of sp³-hybridized carbons (Fsp3) is 0.278. The lowest BCUT2D eigenvalue weighted by Crippen LogP contribution is -2.39. The van der Waals surface area contributed by atoms with Gasteiger partial charge in [-0.1, -0.05) is 41.9 Å². The molecule has 1 N–H and O–H groups in total. The second-order valence-corrected chi connectivity index (χ2v) is 9.19. The highest BCUT2D eigenvalue weighted by Gasteiger charge is 2.22. The number of hydrogen-bond donors (Lipinski definition) is 1. The maximum Gasteiger partial charge on any atom is 0.243 e. The number of carbonyl (C=O) groups is 1. The summed E-state index contributed by atoms with van der Waals surface area (Å²) in [6.45, 7) is 0.263. The number of nitrogens with zero attached hydrogens (tertiary/aromatic N) is 1. The summed E-state index contributed by atoms with van der Waals surface area (Å²) in [7, 11) is -2.26. The van der Waals surface area contributed by atoms with E-state index in [1.165, 1.54) is 19.2 Å². The third kappa shape index (κ3) is 6.32. The highest BCUT2D eigenvalue weighted by molar-refractivity contribution is 7.98. The summed E-state index contributed by atoms with van der Waals surface area (Å²) in [5.41, 5.74) is 1.13. The van der Waals surface area contributed by atoms with Crippen LogP contribution in [0, 0.1) is 0 Å². The van der Waals surface area contributed by atoms with Gasteiger partial charge in [-0.25, -0.2) is 8.42 Å². The Morgan fingerprint density at radius 2 is 1.88 bits per heavy atom. The van der Waals surface area contributed by atoms with Crippen molar-refractivity contribution in [2.24, 2.45) is 0 Å². The van der Waals surface area contributed by atoms with Gasteiger partial charge >= 0.3 is 0 Å². The van der Waals surface area contributed by atoms with Gasteiger partial charge in [-0.05, 0) is 29.8 Å². The van der Waals surface area contributed by atoms with Gasteiger partial charge in [0.15, 0.2) is 0 Å². The molecular formula is C18H21ClN2O3S2. The van der Waals surface area contributed by atoms with Crippen molar-refractivity contribution in [1.82, 2.24) is 9.62 Å². The molecule has 0 aliphatic carbocycles. The Balaban J connectivity index is 1.71. The van der Waals surface area contributed by atoms with E-state index in [9.17, 15) is 13.2 Å². The van der Waals surface area contributed by atoms with Gasteiger partial charge in [0, 0.05) is 30.1 Å². The molecule has 2 aromatic rings. The topological polar surface area (TPSA) is 66.5 Å². The van der Waals surface area contributed by atoms with Gasteiger partial charge < -0.3 is 5.32 Å². The van der Waals surface area contributed by atoms with Crippen LogP contribution in [-0.2, 0) is 20.6 Å². The first-order valence-corrected chi connectivity index (χ1v) is 11.0. The molecule has 0 radical (unpaired) electrons. The van der Waals surface area contributed by atoms with E-state index in [1.54, 1.807) is 30.0 Å². The third-order valence-electron chi connectivity index (χ3n) is 3.54. The van der Waals surface area contributed by atoms with Crippen LogP contribution in [-0.4, -0.2) is 44.5 Å². The number of hydrogen-bond acceptors (Lipinski definition) is 4. The summed E-state index contributed by atoms with van der Waals surface area (Å²) in [5, 5.41) is 3.45. The molecule has 1 amide bonds. The van der Waals surface area contributed by atoms with Gasteiger partial charge in [-0.2, -0.15) is 16.1 Å².